The molecule has 0 saturated carbocycles. The third-order valence-electron chi connectivity index (χ3n) is 6.02. The lowest BCUT2D eigenvalue weighted by atomic mass is 10.1. The predicted molar refractivity (Wildman–Crippen MR) is 128 cm³/mol. The summed E-state index contributed by atoms with van der Waals surface area (Å²) in [7, 11) is 0. The third-order valence-corrected chi connectivity index (χ3v) is 6.02. The van der Waals surface area contributed by atoms with Gasteiger partial charge in [0.25, 0.3) is 0 Å². The number of morpholine rings is 1. The highest BCUT2D eigenvalue weighted by atomic mass is 16.5. The van der Waals surface area contributed by atoms with E-state index in [-0.39, 0.29) is 0 Å². The molecular weight excluding hydrogens is 386 g/mol. The van der Waals surface area contributed by atoms with E-state index in [0.717, 1.165) is 64.9 Å². The summed E-state index contributed by atoms with van der Waals surface area (Å²) in [6, 6.07) is 19.7. The van der Waals surface area contributed by atoms with Gasteiger partial charge < -0.3 is 20.3 Å². The highest BCUT2D eigenvalue weighted by Crippen LogP contribution is 2.20. The zero-order valence-electron chi connectivity index (χ0n) is 18.6. The van der Waals surface area contributed by atoms with Gasteiger partial charge in [0, 0.05) is 51.0 Å². The monoisotopic (exact) mass is 421 g/mol. The van der Waals surface area contributed by atoms with Crippen LogP contribution in [0.5, 0.6) is 0 Å². The Morgan fingerprint density at radius 2 is 1.74 bits per heavy atom. The van der Waals surface area contributed by atoms with Crippen LogP contribution in [0.15, 0.2) is 59.6 Å². The van der Waals surface area contributed by atoms with E-state index in [1.54, 1.807) is 0 Å². The van der Waals surface area contributed by atoms with Crippen LogP contribution in [-0.2, 0) is 17.8 Å². The molecule has 2 heterocycles. The maximum atomic E-state index is 5.49. The van der Waals surface area contributed by atoms with Gasteiger partial charge >= 0.3 is 0 Å². The summed E-state index contributed by atoms with van der Waals surface area (Å²) in [5.74, 6) is 0.906. The number of hydrogen-bond donors (Lipinski definition) is 2. The minimum absolute atomic E-state index is 0.404. The molecule has 1 unspecified atom stereocenters. The standard InChI is InChI=1S/C25H35N5O/c1-2-26-25(28-23-12-13-30(20-23)24-10-4-3-5-11-24)27-18-21-8-6-7-9-22(21)19-29-14-16-31-17-15-29/h3-11,23H,2,12-20H2,1H3,(H2,26,27,28). The molecule has 166 valence electrons. The van der Waals surface area contributed by atoms with E-state index < -0.39 is 0 Å². The van der Waals surface area contributed by atoms with Crippen LogP contribution in [0.2, 0.25) is 0 Å². The van der Waals surface area contributed by atoms with E-state index in [2.05, 4.69) is 82.0 Å². The first-order chi connectivity index (χ1) is 15.3. The van der Waals surface area contributed by atoms with E-state index in [1.165, 1.54) is 16.8 Å². The van der Waals surface area contributed by atoms with Gasteiger partial charge in [-0.1, -0.05) is 42.5 Å². The van der Waals surface area contributed by atoms with Crippen LogP contribution in [0.3, 0.4) is 0 Å². The van der Waals surface area contributed by atoms with E-state index >= 15 is 0 Å². The Balaban J connectivity index is 1.37. The molecule has 4 rings (SSSR count). The molecule has 2 saturated heterocycles. The van der Waals surface area contributed by atoms with Gasteiger partial charge in [0.05, 0.1) is 19.8 Å². The van der Waals surface area contributed by atoms with Crippen molar-refractivity contribution in [3.05, 3.63) is 65.7 Å². The maximum Gasteiger partial charge on any atom is 0.191 e. The molecule has 2 aliphatic heterocycles. The Bertz CT molecular complexity index is 835. The number of hydrogen-bond acceptors (Lipinski definition) is 4. The van der Waals surface area contributed by atoms with Crippen LogP contribution in [-0.4, -0.2) is 62.8 Å². The molecule has 2 aromatic rings. The van der Waals surface area contributed by atoms with Gasteiger partial charge in [0.1, 0.15) is 0 Å². The van der Waals surface area contributed by atoms with Crippen molar-refractivity contribution in [1.29, 1.82) is 0 Å². The molecule has 0 spiro atoms. The Labute approximate surface area is 186 Å². The van der Waals surface area contributed by atoms with E-state index in [0.29, 0.717) is 12.6 Å². The molecule has 2 N–H and O–H groups in total. The first-order valence-corrected chi connectivity index (χ1v) is 11.5. The molecule has 6 heteroatoms. The number of aliphatic imine (C=N–C) groups is 1. The predicted octanol–water partition coefficient (Wildman–Crippen LogP) is 2.85. The number of benzene rings is 2. The Morgan fingerprint density at radius 1 is 1.00 bits per heavy atom. The summed E-state index contributed by atoms with van der Waals surface area (Å²) >= 11 is 0. The summed E-state index contributed by atoms with van der Waals surface area (Å²) in [6.07, 6.45) is 1.12. The van der Waals surface area contributed by atoms with Crippen LogP contribution in [0, 0.1) is 0 Å². The number of ether oxygens (including phenoxy) is 1. The zero-order valence-corrected chi connectivity index (χ0v) is 18.6. The van der Waals surface area contributed by atoms with Gasteiger partial charge in [0.2, 0.25) is 0 Å². The lowest BCUT2D eigenvalue weighted by Crippen LogP contribution is -2.44. The number of rotatable bonds is 7. The molecule has 2 aromatic carbocycles. The molecule has 0 aliphatic carbocycles. The Hall–Kier alpha value is -2.57. The Kier molecular flexibility index (Phi) is 7.80. The first kappa shape index (κ1) is 21.7. The molecular formula is C25H35N5O. The number of nitrogens with one attached hydrogen (secondary N) is 2. The van der Waals surface area contributed by atoms with Crippen molar-refractivity contribution in [2.75, 3.05) is 50.8 Å². The molecule has 0 radical (unpaired) electrons. The van der Waals surface area contributed by atoms with Crippen molar-refractivity contribution in [3.8, 4) is 0 Å². The number of nitrogens with zero attached hydrogens (tertiary/aromatic N) is 3. The van der Waals surface area contributed by atoms with Gasteiger partial charge in [-0.25, -0.2) is 4.99 Å². The fourth-order valence-corrected chi connectivity index (χ4v) is 4.30. The quantitative estimate of drug-likeness (QED) is 0.532. The second-order valence-electron chi connectivity index (χ2n) is 8.26. The second-order valence-corrected chi connectivity index (χ2v) is 8.26. The van der Waals surface area contributed by atoms with Crippen molar-refractivity contribution in [1.82, 2.24) is 15.5 Å². The smallest absolute Gasteiger partial charge is 0.191 e. The molecule has 31 heavy (non-hydrogen) atoms. The zero-order chi connectivity index (χ0) is 21.3. The highest BCUT2D eigenvalue weighted by Gasteiger charge is 2.23. The highest BCUT2D eigenvalue weighted by molar-refractivity contribution is 5.80. The Morgan fingerprint density at radius 3 is 2.52 bits per heavy atom. The van der Waals surface area contributed by atoms with Gasteiger partial charge in [-0.3, -0.25) is 4.90 Å². The third kappa shape index (κ3) is 6.21. The molecule has 1 atom stereocenters. The molecule has 0 amide bonds. The molecule has 0 bridgehead atoms. The molecule has 0 aromatic heterocycles. The normalized spacial score (nSPS) is 20.1. The SMILES string of the molecule is CCNC(=NCc1ccccc1CN1CCOCC1)NC1CCN(c2ccccc2)C1. The summed E-state index contributed by atoms with van der Waals surface area (Å²) in [5.41, 5.74) is 3.95. The molecule has 6 nitrogen and oxygen atoms in total. The lowest BCUT2D eigenvalue weighted by Gasteiger charge is -2.27. The van der Waals surface area contributed by atoms with E-state index in [4.69, 9.17) is 9.73 Å². The van der Waals surface area contributed by atoms with Crippen LogP contribution < -0.4 is 15.5 Å². The molecule has 2 aliphatic rings. The summed E-state index contributed by atoms with van der Waals surface area (Å²) < 4.78 is 5.49. The van der Waals surface area contributed by atoms with Gasteiger partial charge in [0.15, 0.2) is 5.96 Å². The van der Waals surface area contributed by atoms with Crippen molar-refractivity contribution < 1.29 is 4.74 Å². The number of guanidine groups is 1. The second kappa shape index (κ2) is 11.2. The largest absolute Gasteiger partial charge is 0.379 e. The first-order valence-electron chi connectivity index (χ1n) is 11.5. The average Bonchev–Trinajstić information content (AvgIpc) is 3.28. The fraction of sp³-hybridized carbons (Fsp3) is 0.480. The van der Waals surface area contributed by atoms with Gasteiger partial charge in [-0.2, -0.15) is 0 Å². The minimum atomic E-state index is 0.404. The van der Waals surface area contributed by atoms with Gasteiger partial charge in [-0.15, -0.1) is 0 Å². The van der Waals surface area contributed by atoms with E-state index in [9.17, 15) is 0 Å². The van der Waals surface area contributed by atoms with Crippen LogP contribution in [0.25, 0.3) is 0 Å². The number of para-hydroxylation sites is 1. The van der Waals surface area contributed by atoms with Crippen LogP contribution in [0.4, 0.5) is 5.69 Å². The van der Waals surface area contributed by atoms with Crippen LogP contribution >= 0.6 is 0 Å². The topological polar surface area (TPSA) is 52.1 Å². The summed E-state index contributed by atoms with van der Waals surface area (Å²) in [6.45, 7) is 10.4. The lowest BCUT2D eigenvalue weighted by molar-refractivity contribution is 0.0341. The van der Waals surface area contributed by atoms with Crippen molar-refractivity contribution in [3.63, 3.8) is 0 Å². The van der Waals surface area contributed by atoms with Gasteiger partial charge in [-0.05, 0) is 36.6 Å². The fourth-order valence-electron chi connectivity index (χ4n) is 4.30. The van der Waals surface area contributed by atoms with Crippen molar-refractivity contribution >= 4 is 11.6 Å². The van der Waals surface area contributed by atoms with E-state index in [1.807, 2.05) is 0 Å². The number of anilines is 1. The summed E-state index contributed by atoms with van der Waals surface area (Å²) in [5, 5.41) is 7.09. The van der Waals surface area contributed by atoms with Crippen LogP contribution in [0.1, 0.15) is 24.5 Å². The summed E-state index contributed by atoms with van der Waals surface area (Å²) in [4.78, 5) is 9.84. The van der Waals surface area contributed by atoms with Crippen molar-refractivity contribution in [2.45, 2.75) is 32.5 Å². The van der Waals surface area contributed by atoms with Crippen molar-refractivity contribution in [2.24, 2.45) is 4.99 Å². The molecule has 2 fully saturated rings. The average molecular weight is 422 g/mol. The minimum Gasteiger partial charge on any atom is -0.379 e. The maximum absolute atomic E-state index is 5.49.